The molecule has 0 saturated heterocycles. The molecule has 0 radical (unpaired) electrons. The lowest BCUT2D eigenvalue weighted by atomic mass is 10.1. The van der Waals surface area contributed by atoms with E-state index >= 15 is 0 Å². The number of unbranched alkanes of at least 4 members (excludes halogenated alkanes) is 18. The number of nitrogens with one attached hydrogen (secondary N) is 2. The highest BCUT2D eigenvalue weighted by Crippen LogP contribution is 2.11. The van der Waals surface area contributed by atoms with Gasteiger partial charge in [-0.25, -0.2) is 0 Å². The number of rotatable bonds is 38. The molecule has 0 aliphatic rings. The molecule has 0 bridgehead atoms. The third kappa shape index (κ3) is 34.1. The summed E-state index contributed by atoms with van der Waals surface area (Å²) >= 11 is 0. The molecule has 0 heterocycles. The molecular weight excluding hydrogens is 654 g/mol. The van der Waals surface area contributed by atoms with Crippen molar-refractivity contribution >= 4 is 29.7 Å². The molecule has 13 nitrogen and oxygen atoms in total. The summed E-state index contributed by atoms with van der Waals surface area (Å²) in [5, 5.41) is 34.0. The molecule has 0 saturated carbocycles. The van der Waals surface area contributed by atoms with Gasteiger partial charge in [-0.1, -0.05) is 129 Å². The van der Waals surface area contributed by atoms with E-state index in [2.05, 4.69) is 24.5 Å². The van der Waals surface area contributed by atoms with Crippen molar-refractivity contribution in [2.24, 2.45) is 0 Å². The first-order chi connectivity index (χ1) is 24.6. The number of hydrogen-bond acceptors (Lipinski definition) is 8. The van der Waals surface area contributed by atoms with Crippen molar-refractivity contribution in [1.82, 2.24) is 25.3 Å². The summed E-state index contributed by atoms with van der Waals surface area (Å²) < 4.78 is 0. The molecular formula is C38H73N5O8. The second-order valence-corrected chi connectivity index (χ2v) is 13.9. The molecule has 0 aromatic rings. The van der Waals surface area contributed by atoms with Gasteiger partial charge in [-0.05, 0) is 12.8 Å². The molecule has 13 heteroatoms. The van der Waals surface area contributed by atoms with E-state index in [0.717, 1.165) is 38.5 Å². The zero-order chi connectivity index (χ0) is 38.0. The van der Waals surface area contributed by atoms with E-state index in [9.17, 15) is 39.3 Å². The predicted octanol–water partition coefficient (Wildman–Crippen LogP) is 5.22. The van der Waals surface area contributed by atoms with E-state index < -0.39 is 17.9 Å². The minimum Gasteiger partial charge on any atom is -0.480 e. The van der Waals surface area contributed by atoms with Crippen LogP contribution in [0, 0.1) is 0 Å². The quantitative estimate of drug-likeness (QED) is 0.0527. The van der Waals surface area contributed by atoms with Crippen LogP contribution in [0.1, 0.15) is 142 Å². The van der Waals surface area contributed by atoms with Crippen LogP contribution in [0.15, 0.2) is 0 Å². The van der Waals surface area contributed by atoms with Gasteiger partial charge in [0.2, 0.25) is 11.8 Å². The van der Waals surface area contributed by atoms with Gasteiger partial charge in [-0.2, -0.15) is 0 Å². The van der Waals surface area contributed by atoms with Crippen LogP contribution in [0.3, 0.4) is 0 Å². The minimum absolute atomic E-state index is 0.129. The lowest BCUT2D eigenvalue weighted by Gasteiger charge is -2.28. The van der Waals surface area contributed by atoms with Crippen molar-refractivity contribution < 1.29 is 39.3 Å². The highest BCUT2D eigenvalue weighted by atomic mass is 16.4. The number of carboxylic acid groups (broad SMARTS) is 3. The first kappa shape index (κ1) is 48.2. The van der Waals surface area contributed by atoms with Gasteiger partial charge in [0, 0.05) is 39.3 Å². The van der Waals surface area contributed by atoms with Gasteiger partial charge < -0.3 is 26.0 Å². The Kier molecular flexibility index (Phi) is 32.5. The van der Waals surface area contributed by atoms with Crippen molar-refractivity contribution in [3.63, 3.8) is 0 Å². The maximum atomic E-state index is 12.6. The second kappa shape index (κ2) is 34.3. The lowest BCUT2D eigenvalue weighted by molar-refractivity contribution is -0.141. The van der Waals surface area contributed by atoms with Crippen LogP contribution in [0.5, 0.6) is 0 Å². The molecule has 0 unspecified atom stereocenters. The summed E-state index contributed by atoms with van der Waals surface area (Å²) in [5.41, 5.74) is 0. The molecule has 0 aliphatic heterocycles. The molecule has 298 valence electrons. The zero-order valence-corrected chi connectivity index (χ0v) is 32.1. The van der Waals surface area contributed by atoms with Crippen LogP contribution in [0.4, 0.5) is 0 Å². The Morgan fingerprint density at radius 1 is 0.373 bits per heavy atom. The summed E-state index contributed by atoms with van der Waals surface area (Å²) in [6.07, 6.45) is 23.8. The molecule has 2 amide bonds. The second-order valence-electron chi connectivity index (χ2n) is 13.9. The Labute approximate surface area is 308 Å². The standard InChI is InChI=1S/C38H73N5O8/c1-3-5-7-9-11-13-15-17-19-21-23-39-34(44)29-42(32-37(48)49)27-25-41(31-36(46)47)26-28-43(33-38(50)51)30-35(45)40-24-22-20-18-16-14-12-10-8-6-4-2/h3-33H2,1-2H3,(H,39,44)(H,40,45)(H,46,47)(H,48,49)(H,50,51). The van der Waals surface area contributed by atoms with Gasteiger partial charge in [-0.15, -0.1) is 0 Å². The fourth-order valence-corrected chi connectivity index (χ4v) is 6.04. The van der Waals surface area contributed by atoms with Gasteiger partial charge in [-0.3, -0.25) is 38.7 Å². The molecule has 0 aromatic heterocycles. The SMILES string of the molecule is CCCCCCCCCCCCNC(=O)CN(CCN(CCN(CC(=O)O)CC(=O)NCCCCCCCCCCCC)CC(=O)O)CC(=O)O. The van der Waals surface area contributed by atoms with Crippen LogP contribution in [0.2, 0.25) is 0 Å². The predicted molar refractivity (Wildman–Crippen MR) is 202 cm³/mol. The van der Waals surface area contributed by atoms with E-state index in [0.29, 0.717) is 13.1 Å². The molecule has 0 spiro atoms. The Hall–Kier alpha value is -2.77. The number of nitrogens with zero attached hydrogens (tertiary/aromatic N) is 3. The Morgan fingerprint density at radius 3 is 0.922 bits per heavy atom. The molecule has 0 rings (SSSR count). The van der Waals surface area contributed by atoms with Crippen LogP contribution in [-0.2, 0) is 24.0 Å². The van der Waals surface area contributed by atoms with E-state index in [1.54, 1.807) is 4.90 Å². The summed E-state index contributed by atoms with van der Waals surface area (Å²) in [5.74, 6) is -3.85. The van der Waals surface area contributed by atoms with Crippen LogP contribution in [0.25, 0.3) is 0 Å². The van der Waals surface area contributed by atoms with E-state index in [1.165, 1.54) is 99.7 Å². The van der Waals surface area contributed by atoms with Crippen molar-refractivity contribution in [2.45, 2.75) is 142 Å². The molecule has 0 atom stereocenters. The van der Waals surface area contributed by atoms with Crippen molar-refractivity contribution in [3.8, 4) is 0 Å². The normalized spacial score (nSPS) is 11.4. The highest BCUT2D eigenvalue weighted by Gasteiger charge is 2.19. The number of hydrogen-bond donors (Lipinski definition) is 5. The first-order valence-corrected chi connectivity index (χ1v) is 19.9. The van der Waals surface area contributed by atoms with Crippen molar-refractivity contribution in [3.05, 3.63) is 0 Å². The number of carboxylic acids is 3. The Morgan fingerprint density at radius 2 is 0.627 bits per heavy atom. The van der Waals surface area contributed by atoms with Gasteiger partial charge in [0.25, 0.3) is 0 Å². The van der Waals surface area contributed by atoms with E-state index in [-0.39, 0.29) is 70.7 Å². The monoisotopic (exact) mass is 728 g/mol. The Balaban J connectivity index is 4.63. The average molecular weight is 728 g/mol. The summed E-state index contributed by atoms with van der Waals surface area (Å²) in [6, 6.07) is 0. The Bertz CT molecular complexity index is 859. The average Bonchev–Trinajstić information content (AvgIpc) is 3.06. The molecule has 0 aliphatic carbocycles. The molecule has 51 heavy (non-hydrogen) atoms. The van der Waals surface area contributed by atoms with Gasteiger partial charge in [0.05, 0.1) is 32.7 Å². The van der Waals surface area contributed by atoms with E-state index in [4.69, 9.17) is 0 Å². The van der Waals surface area contributed by atoms with E-state index in [1.807, 2.05) is 0 Å². The fourth-order valence-electron chi connectivity index (χ4n) is 6.04. The van der Waals surface area contributed by atoms with Gasteiger partial charge >= 0.3 is 17.9 Å². The lowest BCUT2D eigenvalue weighted by Crippen LogP contribution is -2.47. The maximum Gasteiger partial charge on any atom is 0.317 e. The maximum absolute atomic E-state index is 12.6. The molecule has 0 fully saturated rings. The highest BCUT2D eigenvalue weighted by molar-refractivity contribution is 5.79. The number of aliphatic carboxylic acids is 3. The van der Waals surface area contributed by atoms with Crippen LogP contribution < -0.4 is 10.6 Å². The first-order valence-electron chi connectivity index (χ1n) is 19.9. The van der Waals surface area contributed by atoms with Gasteiger partial charge in [0.15, 0.2) is 0 Å². The fraction of sp³-hybridized carbons (Fsp3) is 0.868. The third-order valence-corrected chi connectivity index (χ3v) is 8.98. The number of carbonyl (C=O) groups excluding carboxylic acids is 2. The minimum atomic E-state index is -1.10. The zero-order valence-electron chi connectivity index (χ0n) is 32.1. The largest absolute Gasteiger partial charge is 0.480 e. The van der Waals surface area contributed by atoms with Gasteiger partial charge in [0.1, 0.15) is 0 Å². The summed E-state index contributed by atoms with van der Waals surface area (Å²) in [7, 11) is 0. The number of carbonyl (C=O) groups is 5. The summed E-state index contributed by atoms with van der Waals surface area (Å²) in [6.45, 7) is 4.66. The van der Waals surface area contributed by atoms with Crippen LogP contribution in [-0.4, -0.2) is 132 Å². The topological polar surface area (TPSA) is 180 Å². The van der Waals surface area contributed by atoms with Crippen LogP contribution >= 0.6 is 0 Å². The third-order valence-electron chi connectivity index (χ3n) is 8.98. The van der Waals surface area contributed by atoms with Crippen molar-refractivity contribution in [1.29, 1.82) is 0 Å². The smallest absolute Gasteiger partial charge is 0.317 e. The summed E-state index contributed by atoms with van der Waals surface area (Å²) in [4.78, 5) is 64.2. The molecule has 0 aromatic carbocycles. The molecule has 5 N–H and O–H groups in total. The van der Waals surface area contributed by atoms with Crippen molar-refractivity contribution in [2.75, 3.05) is 72.0 Å². The number of amides is 2.